The number of rotatable bonds is 5. The van der Waals surface area contributed by atoms with Crippen LogP contribution in [0.5, 0.6) is 0 Å². The molecule has 3 N–H and O–H groups in total. The Morgan fingerprint density at radius 3 is 2.58 bits per heavy atom. The van der Waals surface area contributed by atoms with Crippen molar-refractivity contribution in [3.63, 3.8) is 0 Å². The summed E-state index contributed by atoms with van der Waals surface area (Å²) in [5, 5.41) is 13.9. The van der Waals surface area contributed by atoms with Crippen molar-refractivity contribution in [2.45, 2.75) is 19.1 Å². The number of anilines is 3. The van der Waals surface area contributed by atoms with Crippen LogP contribution in [0.4, 0.5) is 35.0 Å². The Hall–Kier alpha value is -2.13. The molecular weight excluding hydrogens is 352 g/mol. The molecule has 0 aliphatic carbocycles. The molecule has 1 atom stereocenters. The van der Waals surface area contributed by atoms with Crippen molar-refractivity contribution in [3.8, 4) is 0 Å². The molecule has 1 aromatic heterocycles. The van der Waals surface area contributed by atoms with Gasteiger partial charge in [0.1, 0.15) is 11.6 Å². The van der Waals surface area contributed by atoms with Crippen LogP contribution in [-0.4, -0.2) is 27.7 Å². The molecule has 1 aromatic carbocycles. The van der Waals surface area contributed by atoms with Gasteiger partial charge in [0.15, 0.2) is 5.69 Å². The van der Waals surface area contributed by atoms with Crippen LogP contribution in [0.2, 0.25) is 5.02 Å². The van der Waals surface area contributed by atoms with Gasteiger partial charge in [-0.05, 0) is 19.1 Å². The fraction of sp³-hybridized carbons (Fsp3) is 0.286. The molecule has 10 heteroatoms. The molecule has 5 nitrogen and oxygen atoms in total. The summed E-state index contributed by atoms with van der Waals surface area (Å²) in [6.45, 7) is 1.20. The average Bonchev–Trinajstić information content (AvgIpc) is 2.50. The van der Waals surface area contributed by atoms with E-state index in [0.717, 1.165) is 6.07 Å². The van der Waals surface area contributed by atoms with Crippen molar-refractivity contribution in [1.82, 2.24) is 9.97 Å². The molecule has 130 valence electrons. The fourth-order valence-corrected chi connectivity index (χ4v) is 1.94. The summed E-state index contributed by atoms with van der Waals surface area (Å²) in [4.78, 5) is 7.20. The zero-order valence-corrected chi connectivity index (χ0v) is 13.1. The first-order chi connectivity index (χ1) is 11.2. The van der Waals surface area contributed by atoms with Crippen LogP contribution in [0.3, 0.4) is 0 Å². The molecule has 0 amide bonds. The number of aliphatic hydroxyl groups is 1. The second-order valence-corrected chi connectivity index (χ2v) is 5.32. The second-order valence-electron chi connectivity index (χ2n) is 4.91. The highest BCUT2D eigenvalue weighted by atomic mass is 35.5. The Morgan fingerprint density at radius 1 is 1.29 bits per heavy atom. The van der Waals surface area contributed by atoms with Gasteiger partial charge in [-0.25, -0.2) is 9.37 Å². The van der Waals surface area contributed by atoms with Crippen molar-refractivity contribution >= 4 is 29.1 Å². The number of hydrogen-bond donors (Lipinski definition) is 3. The van der Waals surface area contributed by atoms with Crippen molar-refractivity contribution in [1.29, 1.82) is 0 Å². The van der Waals surface area contributed by atoms with Crippen molar-refractivity contribution < 1.29 is 22.7 Å². The highest BCUT2D eigenvalue weighted by molar-refractivity contribution is 6.33. The fourth-order valence-electron chi connectivity index (χ4n) is 1.73. The molecule has 0 aliphatic rings. The summed E-state index contributed by atoms with van der Waals surface area (Å²) in [7, 11) is 0. The van der Waals surface area contributed by atoms with Gasteiger partial charge in [-0.1, -0.05) is 17.7 Å². The predicted octanol–water partition coefficient (Wildman–Crippen LogP) is 3.82. The average molecular weight is 365 g/mol. The summed E-state index contributed by atoms with van der Waals surface area (Å²) >= 11 is 5.84. The first-order valence-electron chi connectivity index (χ1n) is 6.75. The van der Waals surface area contributed by atoms with Gasteiger partial charge in [-0.2, -0.15) is 18.2 Å². The Morgan fingerprint density at radius 2 is 2.00 bits per heavy atom. The lowest BCUT2D eigenvalue weighted by atomic mass is 10.3. The number of nitrogens with zero attached hydrogens (tertiary/aromatic N) is 2. The molecule has 0 saturated carbocycles. The monoisotopic (exact) mass is 364 g/mol. The largest absolute Gasteiger partial charge is 0.433 e. The summed E-state index contributed by atoms with van der Waals surface area (Å²) in [6, 6.07) is 3.91. The number of hydrogen-bond acceptors (Lipinski definition) is 5. The maximum atomic E-state index is 13.8. The van der Waals surface area contributed by atoms with E-state index >= 15 is 0 Å². The molecule has 0 bridgehead atoms. The Labute approximate surface area is 139 Å². The van der Waals surface area contributed by atoms with Gasteiger partial charge in [-0.3, -0.25) is 0 Å². The smallest absolute Gasteiger partial charge is 0.394 e. The second kappa shape index (κ2) is 7.18. The third kappa shape index (κ3) is 4.45. The van der Waals surface area contributed by atoms with Crippen LogP contribution in [0.15, 0.2) is 24.3 Å². The number of aliphatic hydroxyl groups excluding tert-OH is 1. The molecule has 0 fully saturated rings. The number of nitrogens with one attached hydrogen (secondary N) is 2. The van der Waals surface area contributed by atoms with Gasteiger partial charge >= 0.3 is 6.18 Å². The van der Waals surface area contributed by atoms with Crippen molar-refractivity contribution in [2.24, 2.45) is 0 Å². The van der Waals surface area contributed by atoms with E-state index in [-0.39, 0.29) is 29.1 Å². The number of benzene rings is 1. The molecule has 1 heterocycles. The van der Waals surface area contributed by atoms with Crippen molar-refractivity contribution in [2.75, 3.05) is 17.2 Å². The van der Waals surface area contributed by atoms with Gasteiger partial charge in [-0.15, -0.1) is 0 Å². The number of halogens is 5. The molecule has 0 aliphatic heterocycles. The summed E-state index contributed by atoms with van der Waals surface area (Å²) < 4.78 is 52.7. The van der Waals surface area contributed by atoms with Gasteiger partial charge in [0, 0.05) is 12.1 Å². The van der Waals surface area contributed by atoms with E-state index in [1.807, 2.05) is 0 Å². The summed E-state index contributed by atoms with van der Waals surface area (Å²) in [6.07, 6.45) is -4.72. The molecular formula is C14H13ClF4N4O. The van der Waals surface area contributed by atoms with E-state index in [1.54, 1.807) is 0 Å². The molecule has 0 spiro atoms. The van der Waals surface area contributed by atoms with E-state index in [1.165, 1.54) is 19.1 Å². The quantitative estimate of drug-likeness (QED) is 0.703. The zero-order valence-electron chi connectivity index (χ0n) is 12.3. The van der Waals surface area contributed by atoms with E-state index < -0.39 is 23.7 Å². The van der Waals surface area contributed by atoms with Gasteiger partial charge in [0.05, 0.1) is 17.3 Å². The van der Waals surface area contributed by atoms with Crippen LogP contribution < -0.4 is 10.6 Å². The normalized spacial score (nSPS) is 12.8. The van der Waals surface area contributed by atoms with Gasteiger partial charge in [0.2, 0.25) is 5.95 Å². The Kier molecular flexibility index (Phi) is 5.45. The minimum atomic E-state index is -4.72. The zero-order chi connectivity index (χ0) is 17.9. The molecule has 2 rings (SSSR count). The maximum Gasteiger partial charge on any atom is 0.433 e. The van der Waals surface area contributed by atoms with E-state index in [2.05, 4.69) is 20.6 Å². The minimum Gasteiger partial charge on any atom is -0.394 e. The summed E-state index contributed by atoms with van der Waals surface area (Å²) in [5.74, 6) is -1.40. The van der Waals surface area contributed by atoms with E-state index in [4.69, 9.17) is 16.7 Å². The van der Waals surface area contributed by atoms with Crippen LogP contribution in [0, 0.1) is 5.82 Å². The molecule has 0 radical (unpaired) electrons. The minimum absolute atomic E-state index is 0.0135. The first-order valence-corrected chi connectivity index (χ1v) is 7.13. The highest BCUT2D eigenvalue weighted by Crippen LogP contribution is 2.32. The number of para-hydroxylation sites is 1. The predicted molar refractivity (Wildman–Crippen MR) is 81.9 cm³/mol. The van der Waals surface area contributed by atoms with Crippen LogP contribution in [0.1, 0.15) is 12.6 Å². The van der Waals surface area contributed by atoms with Gasteiger partial charge < -0.3 is 15.7 Å². The van der Waals surface area contributed by atoms with Crippen LogP contribution in [-0.2, 0) is 6.18 Å². The number of aromatic nitrogens is 2. The lowest BCUT2D eigenvalue weighted by molar-refractivity contribution is -0.141. The van der Waals surface area contributed by atoms with E-state index in [0.29, 0.717) is 6.07 Å². The maximum absolute atomic E-state index is 13.8. The molecule has 0 saturated heterocycles. The highest BCUT2D eigenvalue weighted by Gasteiger charge is 2.34. The number of alkyl halides is 3. The molecule has 2 aromatic rings. The van der Waals surface area contributed by atoms with E-state index in [9.17, 15) is 17.6 Å². The first kappa shape index (κ1) is 18.2. The van der Waals surface area contributed by atoms with Gasteiger partial charge in [0.25, 0.3) is 0 Å². The summed E-state index contributed by atoms with van der Waals surface area (Å²) in [5.41, 5.74) is -1.42. The lowest BCUT2D eigenvalue weighted by Crippen LogP contribution is -2.22. The molecule has 24 heavy (non-hydrogen) atoms. The third-order valence-corrected chi connectivity index (χ3v) is 3.20. The SMILES string of the molecule is C[C@@H](CO)Nc1nc(Nc2c(F)cccc2Cl)cc(C(F)(F)F)n1. The van der Waals surface area contributed by atoms with Crippen LogP contribution >= 0.6 is 11.6 Å². The molecule has 0 unspecified atom stereocenters. The Bertz CT molecular complexity index is 706. The third-order valence-electron chi connectivity index (χ3n) is 2.88. The topological polar surface area (TPSA) is 70.1 Å². The Balaban J connectivity index is 2.43. The standard InChI is InChI=1S/C14H13ClF4N4O/c1-7(6-24)20-13-21-10(14(17,18)19)5-11(23-13)22-12-8(15)3-2-4-9(12)16/h2-5,7,24H,6H2,1H3,(H2,20,21,22,23)/t7-/m0/s1. The van der Waals surface area contributed by atoms with Crippen LogP contribution in [0.25, 0.3) is 0 Å². The van der Waals surface area contributed by atoms with Crippen molar-refractivity contribution in [3.05, 3.63) is 40.8 Å². The lowest BCUT2D eigenvalue weighted by Gasteiger charge is -2.15.